The largest absolute Gasteiger partial charge is 0.489 e. The number of benzene rings is 1. The molecule has 2 aromatic rings. The van der Waals surface area contributed by atoms with E-state index in [2.05, 4.69) is 14.9 Å². The molecule has 8 nitrogen and oxygen atoms in total. The Morgan fingerprint density at radius 3 is 2.83 bits per heavy atom. The van der Waals surface area contributed by atoms with Crippen LogP contribution in [0, 0.1) is 0 Å². The Kier molecular flexibility index (Phi) is 5.17. The molecular weight excluding hydrogens is 370 g/mol. The number of nitrogens with zero attached hydrogens (tertiary/aromatic N) is 4. The van der Waals surface area contributed by atoms with Crippen LogP contribution < -0.4 is 15.0 Å². The standard InChI is InChI=1S/C21H27N5O3/c1-24(2)21(28)14-4-7-19-18(8-14)25(3)16(12-29-19)9-20(27)23-11-17-10-22-13-26(17)15-5-6-15/h4,7-8,10,13,15-16H,5-6,9,11-12H2,1-3H3,(H,23,27)/t16-/m1/s1. The Balaban J connectivity index is 1.38. The quantitative estimate of drug-likeness (QED) is 0.804. The first-order valence-electron chi connectivity index (χ1n) is 9.92. The maximum Gasteiger partial charge on any atom is 0.253 e. The summed E-state index contributed by atoms with van der Waals surface area (Å²) >= 11 is 0. The smallest absolute Gasteiger partial charge is 0.253 e. The summed E-state index contributed by atoms with van der Waals surface area (Å²) in [5, 5.41) is 3.00. The summed E-state index contributed by atoms with van der Waals surface area (Å²) < 4.78 is 8.00. The number of aromatic nitrogens is 2. The van der Waals surface area contributed by atoms with Crippen molar-refractivity contribution >= 4 is 17.5 Å². The van der Waals surface area contributed by atoms with E-state index in [0.29, 0.717) is 31.2 Å². The topological polar surface area (TPSA) is 79.7 Å². The van der Waals surface area contributed by atoms with Gasteiger partial charge in [-0.2, -0.15) is 0 Å². The number of ether oxygens (including phenoxy) is 1. The zero-order valence-electron chi connectivity index (χ0n) is 17.1. The first kappa shape index (κ1) is 19.3. The predicted octanol–water partition coefficient (Wildman–Crippen LogP) is 1.82. The minimum absolute atomic E-state index is 0.0297. The van der Waals surface area contributed by atoms with E-state index in [1.165, 1.54) is 12.8 Å². The summed E-state index contributed by atoms with van der Waals surface area (Å²) in [6.07, 6.45) is 6.33. The van der Waals surface area contributed by atoms with Crippen LogP contribution in [0.5, 0.6) is 5.75 Å². The molecule has 29 heavy (non-hydrogen) atoms. The molecule has 2 aliphatic rings. The van der Waals surface area contributed by atoms with E-state index in [-0.39, 0.29) is 17.9 Å². The number of rotatable bonds is 6. The number of fused-ring (bicyclic) bond motifs is 1. The van der Waals surface area contributed by atoms with Crippen LogP contribution in [0.1, 0.15) is 41.4 Å². The Morgan fingerprint density at radius 1 is 1.31 bits per heavy atom. The van der Waals surface area contributed by atoms with Crippen molar-refractivity contribution in [3.8, 4) is 5.75 Å². The van der Waals surface area contributed by atoms with Crippen molar-refractivity contribution in [2.45, 2.75) is 37.9 Å². The number of hydrogen-bond donors (Lipinski definition) is 1. The number of anilines is 1. The van der Waals surface area contributed by atoms with E-state index < -0.39 is 0 Å². The molecule has 0 radical (unpaired) electrons. The number of nitrogens with one attached hydrogen (secondary N) is 1. The molecule has 1 atom stereocenters. The van der Waals surface area contributed by atoms with E-state index in [0.717, 1.165) is 17.1 Å². The monoisotopic (exact) mass is 397 g/mol. The summed E-state index contributed by atoms with van der Waals surface area (Å²) in [7, 11) is 5.39. The van der Waals surface area contributed by atoms with Gasteiger partial charge in [-0.25, -0.2) is 4.98 Å². The van der Waals surface area contributed by atoms with Crippen LogP contribution in [0.3, 0.4) is 0 Å². The molecule has 0 unspecified atom stereocenters. The van der Waals surface area contributed by atoms with Crippen LogP contribution in [-0.4, -0.2) is 60.1 Å². The van der Waals surface area contributed by atoms with E-state index in [1.54, 1.807) is 25.1 Å². The molecule has 154 valence electrons. The second-order valence-corrected chi connectivity index (χ2v) is 7.96. The molecular formula is C21H27N5O3. The highest BCUT2D eigenvalue weighted by Crippen LogP contribution is 2.36. The Bertz CT molecular complexity index is 919. The van der Waals surface area contributed by atoms with Gasteiger partial charge in [-0.3, -0.25) is 9.59 Å². The molecule has 1 aromatic carbocycles. The number of carbonyl (C=O) groups excluding carboxylic acids is 2. The average molecular weight is 397 g/mol. The van der Waals surface area contributed by atoms with Gasteiger partial charge in [0, 0.05) is 38.9 Å². The second kappa shape index (κ2) is 7.77. The van der Waals surface area contributed by atoms with Crippen molar-refractivity contribution in [1.82, 2.24) is 19.8 Å². The highest BCUT2D eigenvalue weighted by molar-refractivity contribution is 5.95. The van der Waals surface area contributed by atoms with Crippen LogP contribution in [0.2, 0.25) is 0 Å². The van der Waals surface area contributed by atoms with Crippen LogP contribution >= 0.6 is 0 Å². The molecule has 4 rings (SSSR count). The SMILES string of the molecule is CN(C)C(=O)c1ccc2c(c1)N(C)[C@H](CC(=O)NCc1cncn1C1CC1)CO2. The lowest BCUT2D eigenvalue weighted by atomic mass is 10.1. The van der Waals surface area contributed by atoms with Crippen molar-refractivity contribution in [3.05, 3.63) is 42.0 Å². The maximum atomic E-state index is 12.5. The molecule has 1 saturated carbocycles. The van der Waals surface area contributed by atoms with Gasteiger partial charge in [0.15, 0.2) is 0 Å². The van der Waals surface area contributed by atoms with Crippen molar-refractivity contribution in [3.63, 3.8) is 0 Å². The van der Waals surface area contributed by atoms with Crippen molar-refractivity contribution in [2.24, 2.45) is 0 Å². The number of imidazole rings is 1. The van der Waals surface area contributed by atoms with E-state index in [1.807, 2.05) is 36.6 Å². The van der Waals surface area contributed by atoms with Gasteiger partial charge in [-0.15, -0.1) is 0 Å². The summed E-state index contributed by atoms with van der Waals surface area (Å²) in [5.74, 6) is 0.638. The third kappa shape index (κ3) is 4.06. The van der Waals surface area contributed by atoms with Crippen molar-refractivity contribution in [1.29, 1.82) is 0 Å². The number of hydrogen-bond acceptors (Lipinski definition) is 5. The summed E-state index contributed by atoms with van der Waals surface area (Å²) in [5.41, 5.74) is 2.46. The lowest BCUT2D eigenvalue weighted by Gasteiger charge is -2.35. The van der Waals surface area contributed by atoms with Gasteiger partial charge in [-0.05, 0) is 31.0 Å². The zero-order valence-corrected chi connectivity index (χ0v) is 17.1. The third-order valence-corrected chi connectivity index (χ3v) is 5.55. The molecule has 1 N–H and O–H groups in total. The highest BCUT2D eigenvalue weighted by atomic mass is 16.5. The molecule has 2 amide bonds. The summed E-state index contributed by atoms with van der Waals surface area (Å²) in [4.78, 5) is 32.6. The van der Waals surface area contributed by atoms with Gasteiger partial charge < -0.3 is 24.4 Å². The first-order valence-corrected chi connectivity index (χ1v) is 9.92. The lowest BCUT2D eigenvalue weighted by molar-refractivity contribution is -0.121. The van der Waals surface area contributed by atoms with Crippen LogP contribution in [0.4, 0.5) is 5.69 Å². The third-order valence-electron chi connectivity index (χ3n) is 5.55. The minimum Gasteiger partial charge on any atom is -0.489 e. The maximum absolute atomic E-state index is 12.5. The molecule has 0 bridgehead atoms. The van der Waals surface area contributed by atoms with Gasteiger partial charge in [0.2, 0.25) is 5.91 Å². The molecule has 1 aliphatic carbocycles. The predicted molar refractivity (Wildman–Crippen MR) is 109 cm³/mol. The molecule has 0 spiro atoms. The van der Waals surface area contributed by atoms with Crippen molar-refractivity contribution < 1.29 is 14.3 Å². The highest BCUT2D eigenvalue weighted by Gasteiger charge is 2.28. The second-order valence-electron chi connectivity index (χ2n) is 7.96. The summed E-state index contributed by atoms with van der Waals surface area (Å²) in [6.45, 7) is 0.905. The molecule has 8 heteroatoms. The fourth-order valence-electron chi connectivity index (χ4n) is 3.62. The fraction of sp³-hybridized carbons (Fsp3) is 0.476. The molecule has 0 saturated heterocycles. The Morgan fingerprint density at radius 2 is 2.10 bits per heavy atom. The van der Waals surface area contributed by atoms with E-state index in [9.17, 15) is 9.59 Å². The van der Waals surface area contributed by atoms with Crippen LogP contribution in [-0.2, 0) is 11.3 Å². The van der Waals surface area contributed by atoms with Crippen molar-refractivity contribution in [2.75, 3.05) is 32.6 Å². The number of likely N-dealkylation sites (N-methyl/N-ethyl adjacent to an activating group) is 1. The first-order chi connectivity index (χ1) is 13.9. The van der Waals surface area contributed by atoms with Crippen LogP contribution in [0.15, 0.2) is 30.7 Å². The molecule has 2 heterocycles. The molecule has 1 fully saturated rings. The van der Waals surface area contributed by atoms with Gasteiger partial charge in [0.05, 0.1) is 36.7 Å². The number of amides is 2. The minimum atomic E-state index is -0.0967. The normalized spacial score (nSPS) is 18.0. The van der Waals surface area contributed by atoms with Gasteiger partial charge in [-0.1, -0.05) is 0 Å². The Hall–Kier alpha value is -3.03. The molecule has 1 aliphatic heterocycles. The van der Waals surface area contributed by atoms with Gasteiger partial charge >= 0.3 is 0 Å². The Labute approximate surface area is 170 Å². The lowest BCUT2D eigenvalue weighted by Crippen LogP contribution is -2.43. The molecule has 1 aromatic heterocycles. The van der Waals surface area contributed by atoms with E-state index in [4.69, 9.17) is 4.74 Å². The van der Waals surface area contributed by atoms with E-state index >= 15 is 0 Å². The average Bonchev–Trinajstić information content (AvgIpc) is 3.45. The summed E-state index contributed by atoms with van der Waals surface area (Å²) in [6, 6.07) is 5.86. The number of carbonyl (C=O) groups is 2. The zero-order chi connectivity index (χ0) is 20.5. The van der Waals surface area contributed by atoms with Crippen LogP contribution in [0.25, 0.3) is 0 Å². The van der Waals surface area contributed by atoms with Gasteiger partial charge in [0.1, 0.15) is 12.4 Å². The van der Waals surface area contributed by atoms with Gasteiger partial charge in [0.25, 0.3) is 5.91 Å². The fourth-order valence-corrected chi connectivity index (χ4v) is 3.62.